The molecular formula is C11H5F3N4O2. The molecule has 1 N–H and O–H groups in total. The third-order valence-corrected chi connectivity index (χ3v) is 2.13. The Morgan fingerprint density at radius 1 is 1.35 bits per heavy atom. The molecule has 1 aromatic carbocycles. The zero-order chi connectivity index (χ0) is 15.3. The number of nitro groups is 1. The van der Waals surface area contributed by atoms with Crippen LogP contribution in [0.25, 0.3) is 0 Å². The van der Waals surface area contributed by atoms with E-state index in [4.69, 9.17) is 10.5 Å². The van der Waals surface area contributed by atoms with Crippen molar-refractivity contribution < 1.29 is 18.1 Å². The molecule has 0 atom stereocenters. The zero-order valence-electron chi connectivity index (χ0n) is 9.60. The Balaban J connectivity index is 3.28. The van der Waals surface area contributed by atoms with Gasteiger partial charge >= 0.3 is 6.18 Å². The first-order valence-electron chi connectivity index (χ1n) is 4.92. The molecule has 0 aliphatic rings. The van der Waals surface area contributed by atoms with Crippen LogP contribution in [0.2, 0.25) is 0 Å². The van der Waals surface area contributed by atoms with Crippen molar-refractivity contribution in [3.05, 3.63) is 45.6 Å². The van der Waals surface area contributed by atoms with Crippen molar-refractivity contribution in [2.75, 3.05) is 5.32 Å². The average Bonchev–Trinajstić information content (AvgIpc) is 2.38. The van der Waals surface area contributed by atoms with Crippen molar-refractivity contribution >= 4 is 11.4 Å². The van der Waals surface area contributed by atoms with Gasteiger partial charge in [-0.15, -0.1) is 0 Å². The third-order valence-electron chi connectivity index (χ3n) is 2.13. The van der Waals surface area contributed by atoms with Crippen molar-refractivity contribution in [1.82, 2.24) is 0 Å². The number of alkyl halides is 3. The Hall–Kier alpha value is -3.07. The van der Waals surface area contributed by atoms with E-state index in [0.29, 0.717) is 18.2 Å². The number of allylic oxidation sites excluding steroid dienone is 1. The van der Waals surface area contributed by atoms with Crippen molar-refractivity contribution in [2.45, 2.75) is 6.18 Å². The normalized spacial score (nSPS) is 10.1. The van der Waals surface area contributed by atoms with E-state index in [0.717, 1.165) is 6.20 Å². The molecule has 9 heteroatoms. The molecule has 0 amide bonds. The average molecular weight is 282 g/mol. The number of nitrogens with one attached hydrogen (secondary N) is 1. The summed E-state index contributed by atoms with van der Waals surface area (Å²) in [6.45, 7) is 0. The molecule has 0 bridgehead atoms. The standard InChI is InChI=1S/C11H5F3N4O2/c12-11(13,14)8-1-2-10(18(19)20)9(3-8)17-6-7(4-15)5-16/h1-3,6,17H. The molecule has 6 nitrogen and oxygen atoms in total. The first-order chi connectivity index (χ1) is 9.29. The minimum atomic E-state index is -4.66. The molecule has 0 fully saturated rings. The summed E-state index contributed by atoms with van der Waals surface area (Å²) in [7, 11) is 0. The molecule has 1 aromatic rings. The van der Waals surface area contributed by atoms with E-state index >= 15 is 0 Å². The van der Waals surface area contributed by atoms with Crippen LogP contribution in [-0.2, 0) is 6.18 Å². The predicted molar refractivity (Wildman–Crippen MR) is 61.0 cm³/mol. The number of hydrogen-bond acceptors (Lipinski definition) is 5. The SMILES string of the molecule is N#CC(C#N)=CNc1cc(C(F)(F)F)ccc1[N+](=O)[O-]. The van der Waals surface area contributed by atoms with Crippen LogP contribution in [-0.4, -0.2) is 4.92 Å². The molecule has 0 aromatic heterocycles. The second-order valence-electron chi connectivity index (χ2n) is 3.41. The van der Waals surface area contributed by atoms with Crippen LogP contribution in [0.5, 0.6) is 0 Å². The van der Waals surface area contributed by atoms with Crippen LogP contribution in [0.15, 0.2) is 30.0 Å². The molecule has 0 heterocycles. The summed E-state index contributed by atoms with van der Waals surface area (Å²) in [6, 6.07) is 4.71. The van der Waals surface area contributed by atoms with E-state index in [1.54, 1.807) is 0 Å². The summed E-state index contributed by atoms with van der Waals surface area (Å²) >= 11 is 0. The summed E-state index contributed by atoms with van der Waals surface area (Å²) in [5.74, 6) is 0. The highest BCUT2D eigenvalue weighted by atomic mass is 19.4. The van der Waals surface area contributed by atoms with Gasteiger partial charge in [-0.25, -0.2) is 0 Å². The van der Waals surface area contributed by atoms with Gasteiger partial charge in [-0.2, -0.15) is 23.7 Å². The van der Waals surface area contributed by atoms with Crippen molar-refractivity contribution in [3.8, 4) is 12.1 Å². The van der Waals surface area contributed by atoms with Crippen LogP contribution in [0.1, 0.15) is 5.56 Å². The molecule has 0 spiro atoms. The molecule has 1 rings (SSSR count). The van der Waals surface area contributed by atoms with Crippen molar-refractivity contribution in [2.24, 2.45) is 0 Å². The Bertz CT molecular complexity index is 637. The number of rotatable bonds is 3. The minimum Gasteiger partial charge on any atom is -0.354 e. The summed E-state index contributed by atoms with van der Waals surface area (Å²) in [6.07, 6.45) is -3.87. The predicted octanol–water partition coefficient (Wildman–Crippen LogP) is 2.96. The van der Waals surface area contributed by atoms with Crippen molar-refractivity contribution in [3.63, 3.8) is 0 Å². The van der Waals surface area contributed by atoms with Gasteiger partial charge in [0.15, 0.2) is 0 Å². The van der Waals surface area contributed by atoms with Gasteiger partial charge in [0.2, 0.25) is 0 Å². The number of nitro benzene ring substituents is 1. The maximum atomic E-state index is 12.5. The lowest BCUT2D eigenvalue weighted by molar-refractivity contribution is -0.384. The molecule has 0 unspecified atom stereocenters. The minimum absolute atomic E-state index is 0.434. The second kappa shape index (κ2) is 5.71. The van der Waals surface area contributed by atoms with Crippen LogP contribution < -0.4 is 5.32 Å². The fourth-order valence-corrected chi connectivity index (χ4v) is 1.23. The Morgan fingerprint density at radius 3 is 2.40 bits per heavy atom. The maximum absolute atomic E-state index is 12.5. The molecule has 20 heavy (non-hydrogen) atoms. The first-order valence-corrected chi connectivity index (χ1v) is 4.92. The van der Waals surface area contributed by atoms with Gasteiger partial charge in [-0.3, -0.25) is 10.1 Å². The number of nitrogens with zero attached hydrogens (tertiary/aromatic N) is 3. The van der Waals surface area contributed by atoms with Gasteiger partial charge in [0.1, 0.15) is 23.4 Å². The van der Waals surface area contributed by atoms with Gasteiger partial charge in [0, 0.05) is 12.3 Å². The van der Waals surface area contributed by atoms with E-state index in [2.05, 4.69) is 5.32 Å². The second-order valence-corrected chi connectivity index (χ2v) is 3.41. The number of hydrogen-bond donors (Lipinski definition) is 1. The highest BCUT2D eigenvalue weighted by molar-refractivity contribution is 5.65. The topological polar surface area (TPSA) is 103 Å². The summed E-state index contributed by atoms with van der Waals surface area (Å²) < 4.78 is 37.5. The fraction of sp³-hybridized carbons (Fsp3) is 0.0909. The van der Waals surface area contributed by atoms with E-state index in [9.17, 15) is 23.3 Å². The Morgan fingerprint density at radius 2 is 1.95 bits per heavy atom. The highest BCUT2D eigenvalue weighted by Gasteiger charge is 2.32. The lowest BCUT2D eigenvalue weighted by atomic mass is 10.1. The van der Waals surface area contributed by atoms with Gasteiger partial charge in [-0.1, -0.05) is 0 Å². The first kappa shape index (κ1) is 15.0. The summed E-state index contributed by atoms with van der Waals surface area (Å²) in [4.78, 5) is 9.82. The van der Waals surface area contributed by atoms with Gasteiger partial charge in [0.25, 0.3) is 5.69 Å². The van der Waals surface area contributed by atoms with E-state index < -0.39 is 33.6 Å². The molecular weight excluding hydrogens is 277 g/mol. The lowest BCUT2D eigenvalue weighted by Gasteiger charge is -2.09. The molecule has 0 saturated heterocycles. The third kappa shape index (κ3) is 3.46. The Labute approximate surface area is 110 Å². The molecule has 102 valence electrons. The largest absolute Gasteiger partial charge is 0.416 e. The van der Waals surface area contributed by atoms with E-state index in [1.165, 1.54) is 12.1 Å². The number of benzene rings is 1. The number of nitriles is 2. The van der Waals surface area contributed by atoms with Crippen LogP contribution >= 0.6 is 0 Å². The van der Waals surface area contributed by atoms with Crippen LogP contribution in [0, 0.1) is 32.8 Å². The maximum Gasteiger partial charge on any atom is 0.416 e. The van der Waals surface area contributed by atoms with E-state index in [1.807, 2.05) is 0 Å². The zero-order valence-corrected chi connectivity index (χ0v) is 9.60. The van der Waals surface area contributed by atoms with Gasteiger partial charge in [-0.05, 0) is 12.1 Å². The van der Waals surface area contributed by atoms with Crippen LogP contribution in [0.4, 0.5) is 24.5 Å². The van der Waals surface area contributed by atoms with Crippen LogP contribution in [0.3, 0.4) is 0 Å². The number of anilines is 1. The molecule has 0 radical (unpaired) electrons. The van der Waals surface area contributed by atoms with Crippen molar-refractivity contribution in [1.29, 1.82) is 10.5 Å². The lowest BCUT2D eigenvalue weighted by Crippen LogP contribution is -2.06. The Kier molecular flexibility index (Phi) is 4.28. The van der Waals surface area contributed by atoms with Gasteiger partial charge < -0.3 is 5.32 Å². The quantitative estimate of drug-likeness (QED) is 0.521. The smallest absolute Gasteiger partial charge is 0.354 e. The summed E-state index contributed by atoms with van der Waals surface area (Å²) in [5.41, 5.74) is -2.59. The molecule has 0 aliphatic carbocycles. The molecule has 0 aliphatic heterocycles. The molecule has 0 saturated carbocycles. The fourth-order valence-electron chi connectivity index (χ4n) is 1.23. The monoisotopic (exact) mass is 282 g/mol. The number of halogens is 3. The van der Waals surface area contributed by atoms with Gasteiger partial charge in [0.05, 0.1) is 10.5 Å². The van der Waals surface area contributed by atoms with E-state index in [-0.39, 0.29) is 0 Å². The highest BCUT2D eigenvalue weighted by Crippen LogP contribution is 2.34. The summed E-state index contributed by atoms with van der Waals surface area (Å²) in [5, 5.41) is 29.8.